The van der Waals surface area contributed by atoms with Gasteiger partial charge in [0.2, 0.25) is 5.91 Å². The molecule has 3 aromatic carbocycles. The SMILES string of the molecule is CC(C)c1ccccc1NC(=O)CSc1nc2ccc(NC(=O)c3ccccc3C(=O)N3CCCCC3)cc2s1. The molecule has 7 nitrogen and oxygen atoms in total. The second-order valence-corrected chi connectivity index (χ2v) is 12.3. The van der Waals surface area contributed by atoms with Crippen molar-refractivity contribution in [3.63, 3.8) is 0 Å². The number of hydrogen-bond donors (Lipinski definition) is 2. The number of carbonyl (C=O) groups is 3. The topological polar surface area (TPSA) is 91.4 Å². The molecule has 2 heterocycles. The second kappa shape index (κ2) is 12.7. The first kappa shape index (κ1) is 27.9. The van der Waals surface area contributed by atoms with Crippen LogP contribution in [0.4, 0.5) is 11.4 Å². The van der Waals surface area contributed by atoms with Crippen LogP contribution in [-0.2, 0) is 4.79 Å². The Morgan fingerprint density at radius 2 is 1.65 bits per heavy atom. The number of hydrogen-bond acceptors (Lipinski definition) is 6. The maximum atomic E-state index is 13.2. The van der Waals surface area contributed by atoms with Crippen molar-refractivity contribution in [1.29, 1.82) is 0 Å². The molecule has 0 atom stereocenters. The fourth-order valence-corrected chi connectivity index (χ4v) is 6.71. The molecular formula is C31H32N4O3S2. The van der Waals surface area contributed by atoms with E-state index < -0.39 is 0 Å². The average Bonchev–Trinajstić information content (AvgIpc) is 3.38. The van der Waals surface area contributed by atoms with Gasteiger partial charge in [-0.1, -0.05) is 55.9 Å². The van der Waals surface area contributed by atoms with Crippen LogP contribution in [0.5, 0.6) is 0 Å². The lowest BCUT2D eigenvalue weighted by atomic mass is 10.0. The number of nitrogens with zero attached hydrogens (tertiary/aromatic N) is 2. The van der Waals surface area contributed by atoms with Crippen LogP contribution in [0.3, 0.4) is 0 Å². The van der Waals surface area contributed by atoms with Gasteiger partial charge in [-0.05, 0) is 67.1 Å². The fourth-order valence-electron chi connectivity index (χ4n) is 4.80. The maximum absolute atomic E-state index is 13.2. The number of benzene rings is 3. The Morgan fingerprint density at radius 3 is 2.42 bits per heavy atom. The normalized spacial score (nSPS) is 13.4. The van der Waals surface area contributed by atoms with E-state index in [-0.39, 0.29) is 23.5 Å². The molecule has 4 aromatic rings. The Morgan fingerprint density at radius 1 is 0.925 bits per heavy atom. The van der Waals surface area contributed by atoms with Gasteiger partial charge in [0.15, 0.2) is 4.34 Å². The molecule has 9 heteroatoms. The van der Waals surface area contributed by atoms with Crippen LogP contribution in [0.25, 0.3) is 10.2 Å². The number of thiazole rings is 1. The minimum absolute atomic E-state index is 0.0805. The van der Waals surface area contributed by atoms with E-state index in [1.165, 1.54) is 23.1 Å². The van der Waals surface area contributed by atoms with E-state index in [1.807, 2.05) is 41.3 Å². The van der Waals surface area contributed by atoms with Crippen LogP contribution in [0, 0.1) is 0 Å². The second-order valence-electron chi connectivity index (χ2n) is 10.1. The third-order valence-electron chi connectivity index (χ3n) is 6.86. The maximum Gasteiger partial charge on any atom is 0.256 e. The highest BCUT2D eigenvalue weighted by Crippen LogP contribution is 2.32. The van der Waals surface area contributed by atoms with Crippen LogP contribution in [0.1, 0.15) is 65.3 Å². The van der Waals surface area contributed by atoms with Gasteiger partial charge in [0.05, 0.1) is 27.1 Å². The summed E-state index contributed by atoms with van der Waals surface area (Å²) in [5.41, 5.74) is 4.16. The number of fused-ring (bicyclic) bond motifs is 1. The number of nitrogens with one attached hydrogen (secondary N) is 2. The molecule has 0 unspecified atom stereocenters. The van der Waals surface area contributed by atoms with Crippen LogP contribution in [0.15, 0.2) is 71.1 Å². The zero-order chi connectivity index (χ0) is 28.1. The lowest BCUT2D eigenvalue weighted by Gasteiger charge is -2.27. The molecule has 2 N–H and O–H groups in total. The van der Waals surface area contributed by atoms with Gasteiger partial charge in [0, 0.05) is 24.5 Å². The molecule has 5 rings (SSSR count). The zero-order valence-electron chi connectivity index (χ0n) is 22.6. The molecule has 40 heavy (non-hydrogen) atoms. The number of rotatable bonds is 8. The van der Waals surface area contributed by atoms with Gasteiger partial charge in [0.25, 0.3) is 11.8 Å². The minimum atomic E-state index is -0.322. The molecule has 1 fully saturated rings. The van der Waals surface area contributed by atoms with Gasteiger partial charge in [-0.25, -0.2) is 4.98 Å². The summed E-state index contributed by atoms with van der Waals surface area (Å²) < 4.78 is 1.69. The lowest BCUT2D eigenvalue weighted by molar-refractivity contribution is -0.113. The van der Waals surface area contributed by atoms with Crippen LogP contribution in [-0.4, -0.2) is 46.4 Å². The number of likely N-dealkylation sites (tertiary alicyclic amines) is 1. The Bertz CT molecular complexity index is 1540. The smallest absolute Gasteiger partial charge is 0.256 e. The average molecular weight is 573 g/mol. The van der Waals surface area contributed by atoms with Crippen molar-refractivity contribution in [2.24, 2.45) is 0 Å². The molecule has 206 valence electrons. The number of anilines is 2. The van der Waals surface area contributed by atoms with Crippen LogP contribution >= 0.6 is 23.1 Å². The first-order chi connectivity index (χ1) is 19.4. The van der Waals surface area contributed by atoms with Crippen molar-refractivity contribution in [3.05, 3.63) is 83.4 Å². The van der Waals surface area contributed by atoms with Crippen molar-refractivity contribution < 1.29 is 14.4 Å². The number of para-hydroxylation sites is 1. The molecule has 0 saturated carbocycles. The Hall–Kier alpha value is -3.69. The zero-order valence-corrected chi connectivity index (χ0v) is 24.2. The number of amides is 3. The van der Waals surface area contributed by atoms with Gasteiger partial charge in [-0.3, -0.25) is 14.4 Å². The van der Waals surface area contributed by atoms with E-state index in [4.69, 9.17) is 0 Å². The largest absolute Gasteiger partial charge is 0.339 e. The summed E-state index contributed by atoms with van der Waals surface area (Å²) in [6, 6.07) is 20.4. The molecule has 1 saturated heterocycles. The highest BCUT2D eigenvalue weighted by molar-refractivity contribution is 8.01. The summed E-state index contributed by atoms with van der Waals surface area (Å²) in [4.78, 5) is 45.4. The van der Waals surface area contributed by atoms with Crippen molar-refractivity contribution in [2.45, 2.75) is 43.4 Å². The predicted octanol–water partition coefficient (Wildman–Crippen LogP) is 7.03. The summed E-state index contributed by atoms with van der Waals surface area (Å²) in [5, 5.41) is 5.97. The highest BCUT2D eigenvalue weighted by atomic mass is 32.2. The van der Waals surface area contributed by atoms with E-state index in [0.717, 1.165) is 58.2 Å². The van der Waals surface area contributed by atoms with Crippen LogP contribution in [0.2, 0.25) is 0 Å². The van der Waals surface area contributed by atoms with Gasteiger partial charge < -0.3 is 15.5 Å². The summed E-state index contributed by atoms with van der Waals surface area (Å²) >= 11 is 2.87. The van der Waals surface area contributed by atoms with Gasteiger partial charge in [0.1, 0.15) is 0 Å². The van der Waals surface area contributed by atoms with Gasteiger partial charge in [-0.2, -0.15) is 0 Å². The molecule has 0 radical (unpaired) electrons. The summed E-state index contributed by atoms with van der Waals surface area (Å²) in [5.74, 6) is 0.0619. The molecule has 3 amide bonds. The molecule has 0 aliphatic carbocycles. The summed E-state index contributed by atoms with van der Waals surface area (Å²) in [6.45, 7) is 5.66. The molecule has 0 spiro atoms. The highest BCUT2D eigenvalue weighted by Gasteiger charge is 2.23. The van der Waals surface area contributed by atoms with Gasteiger partial charge in [-0.15, -0.1) is 11.3 Å². The minimum Gasteiger partial charge on any atom is -0.339 e. The first-order valence-corrected chi connectivity index (χ1v) is 15.3. The van der Waals surface area contributed by atoms with E-state index in [2.05, 4.69) is 29.5 Å². The molecule has 1 aliphatic rings. The number of aromatic nitrogens is 1. The standard InChI is InChI=1S/C31H32N4O3S2/c1-20(2)22-10-6-7-13-25(22)33-28(36)19-39-31-34-26-15-14-21(18-27(26)40-31)32-29(37)23-11-4-5-12-24(23)30(38)35-16-8-3-9-17-35/h4-7,10-15,18,20H,3,8-9,16-17,19H2,1-2H3,(H,32,37)(H,33,36). The van der Waals surface area contributed by atoms with Crippen LogP contribution < -0.4 is 10.6 Å². The Labute approximate surface area is 242 Å². The molecule has 1 aliphatic heterocycles. The Kier molecular flexibility index (Phi) is 8.81. The third kappa shape index (κ3) is 6.54. The fraction of sp³-hybridized carbons (Fsp3) is 0.290. The Balaban J connectivity index is 1.23. The summed E-state index contributed by atoms with van der Waals surface area (Å²) in [6.07, 6.45) is 3.12. The van der Waals surface area contributed by atoms with E-state index in [9.17, 15) is 14.4 Å². The summed E-state index contributed by atoms with van der Waals surface area (Å²) in [7, 11) is 0. The number of carbonyl (C=O) groups excluding carboxylic acids is 3. The molecule has 0 bridgehead atoms. The predicted molar refractivity (Wildman–Crippen MR) is 164 cm³/mol. The van der Waals surface area contributed by atoms with Crippen molar-refractivity contribution in [3.8, 4) is 0 Å². The number of thioether (sulfide) groups is 1. The van der Waals surface area contributed by atoms with Gasteiger partial charge >= 0.3 is 0 Å². The van der Waals surface area contributed by atoms with E-state index in [1.54, 1.807) is 30.3 Å². The quantitative estimate of drug-likeness (QED) is 0.221. The van der Waals surface area contributed by atoms with Crippen molar-refractivity contribution in [2.75, 3.05) is 29.5 Å². The first-order valence-electron chi connectivity index (χ1n) is 13.5. The molecule has 1 aromatic heterocycles. The van der Waals surface area contributed by atoms with E-state index in [0.29, 0.717) is 22.7 Å². The third-order valence-corrected chi connectivity index (χ3v) is 9.02. The molecular weight excluding hydrogens is 541 g/mol. The van der Waals surface area contributed by atoms with Crippen molar-refractivity contribution >= 4 is 62.4 Å². The lowest BCUT2D eigenvalue weighted by Crippen LogP contribution is -2.36. The van der Waals surface area contributed by atoms with E-state index >= 15 is 0 Å². The monoisotopic (exact) mass is 572 g/mol. The number of piperidine rings is 1. The van der Waals surface area contributed by atoms with Crippen molar-refractivity contribution in [1.82, 2.24) is 9.88 Å².